The van der Waals surface area contributed by atoms with Gasteiger partial charge < -0.3 is 0 Å². The van der Waals surface area contributed by atoms with Gasteiger partial charge in [0.05, 0.1) is 6.04 Å². The van der Waals surface area contributed by atoms with Gasteiger partial charge in [0.1, 0.15) is 0 Å². The van der Waals surface area contributed by atoms with Crippen LogP contribution in [0.25, 0.3) is 0 Å². The fourth-order valence-electron chi connectivity index (χ4n) is 2.97. The predicted octanol–water partition coefficient (Wildman–Crippen LogP) is 5.94. The number of nitrogens with zero attached hydrogens (tertiary/aromatic N) is 1. The van der Waals surface area contributed by atoms with Crippen LogP contribution in [0.15, 0.2) is 17.1 Å². The zero-order chi connectivity index (χ0) is 13.8. The van der Waals surface area contributed by atoms with Crippen LogP contribution in [-0.2, 0) is 0 Å². The lowest BCUT2D eigenvalue weighted by atomic mass is 9.88. The van der Waals surface area contributed by atoms with E-state index in [1.165, 1.54) is 70.6 Å². The third-order valence-electron chi connectivity index (χ3n) is 4.24. The van der Waals surface area contributed by atoms with Crippen molar-refractivity contribution in [2.45, 2.75) is 90.5 Å². The minimum Gasteiger partial charge on any atom is -0.285 e. The molecule has 0 aliphatic carbocycles. The smallest absolute Gasteiger partial charge is 0.0711 e. The predicted molar refractivity (Wildman–Crippen MR) is 87.0 cm³/mol. The molecule has 110 valence electrons. The van der Waals surface area contributed by atoms with Gasteiger partial charge in [-0.25, -0.2) is 0 Å². The van der Waals surface area contributed by atoms with Gasteiger partial charge >= 0.3 is 0 Å². The lowest BCUT2D eigenvalue weighted by Crippen LogP contribution is -2.15. The Morgan fingerprint density at radius 2 is 1.42 bits per heavy atom. The van der Waals surface area contributed by atoms with E-state index in [4.69, 9.17) is 0 Å². The summed E-state index contributed by atoms with van der Waals surface area (Å²) in [7, 11) is 0. The molecule has 0 saturated carbocycles. The van der Waals surface area contributed by atoms with Crippen LogP contribution in [0.3, 0.4) is 0 Å². The van der Waals surface area contributed by atoms with E-state index in [1.54, 1.807) is 0 Å². The summed E-state index contributed by atoms with van der Waals surface area (Å²) < 4.78 is 0. The Kier molecular flexibility index (Phi) is 9.75. The third-order valence-corrected chi connectivity index (χ3v) is 4.24. The zero-order valence-electron chi connectivity index (χ0n) is 13.1. The molecule has 1 rings (SSSR count). The Morgan fingerprint density at radius 1 is 0.842 bits per heavy atom. The van der Waals surface area contributed by atoms with Gasteiger partial charge in [0.15, 0.2) is 0 Å². The fraction of sp³-hybridized carbons (Fsp3) is 0.833. The van der Waals surface area contributed by atoms with Crippen LogP contribution < -0.4 is 0 Å². The van der Waals surface area contributed by atoms with Gasteiger partial charge in [0.25, 0.3) is 0 Å². The number of hydrogen-bond acceptors (Lipinski definition) is 1. The molecule has 0 aromatic heterocycles. The van der Waals surface area contributed by atoms with Crippen LogP contribution >= 0.6 is 0 Å². The molecule has 2 atom stereocenters. The largest absolute Gasteiger partial charge is 0.285 e. The van der Waals surface area contributed by atoms with E-state index in [-0.39, 0.29) is 0 Å². The molecule has 1 aliphatic rings. The highest BCUT2D eigenvalue weighted by molar-refractivity contribution is 5.74. The number of unbranched alkanes of at least 4 members (excludes halogenated alkanes) is 7. The van der Waals surface area contributed by atoms with Crippen molar-refractivity contribution in [3.63, 3.8) is 0 Å². The van der Waals surface area contributed by atoms with Crippen LogP contribution in [0.5, 0.6) is 0 Å². The quantitative estimate of drug-likeness (QED) is 0.386. The van der Waals surface area contributed by atoms with E-state index in [1.807, 2.05) is 6.21 Å². The van der Waals surface area contributed by atoms with Crippen LogP contribution in [0.4, 0.5) is 0 Å². The summed E-state index contributed by atoms with van der Waals surface area (Å²) in [6.07, 6.45) is 21.7. The molecule has 1 heteroatoms. The number of aliphatic imine (C=N–C) groups is 1. The van der Waals surface area contributed by atoms with E-state index in [2.05, 4.69) is 31.0 Å². The van der Waals surface area contributed by atoms with E-state index < -0.39 is 0 Å². The Bertz CT molecular complexity index is 242. The van der Waals surface area contributed by atoms with Gasteiger partial charge in [-0.1, -0.05) is 77.7 Å². The van der Waals surface area contributed by atoms with Crippen LogP contribution in [0.2, 0.25) is 0 Å². The third kappa shape index (κ3) is 7.54. The summed E-state index contributed by atoms with van der Waals surface area (Å²) in [5.74, 6) is 0.800. The lowest BCUT2D eigenvalue weighted by Gasteiger charge is -2.20. The molecule has 0 saturated heterocycles. The second-order valence-electron chi connectivity index (χ2n) is 5.99. The average Bonchev–Trinajstić information content (AvgIpc) is 2.95. The summed E-state index contributed by atoms with van der Waals surface area (Å²) in [6.45, 7) is 4.57. The monoisotopic (exact) mass is 263 g/mol. The van der Waals surface area contributed by atoms with Crippen molar-refractivity contribution in [2.24, 2.45) is 10.9 Å². The van der Waals surface area contributed by atoms with E-state index in [0.29, 0.717) is 6.04 Å². The molecule has 0 spiro atoms. The van der Waals surface area contributed by atoms with Crippen LogP contribution in [-0.4, -0.2) is 12.3 Å². The first-order valence-electron chi connectivity index (χ1n) is 8.58. The Hall–Kier alpha value is -0.590. The second kappa shape index (κ2) is 11.3. The molecule has 0 amide bonds. The van der Waals surface area contributed by atoms with Crippen molar-refractivity contribution in [2.75, 3.05) is 0 Å². The second-order valence-corrected chi connectivity index (χ2v) is 5.99. The molecule has 19 heavy (non-hydrogen) atoms. The fourth-order valence-corrected chi connectivity index (χ4v) is 2.97. The molecular weight excluding hydrogens is 230 g/mol. The highest BCUT2D eigenvalue weighted by Gasteiger charge is 2.18. The Labute approximate surface area is 120 Å². The van der Waals surface area contributed by atoms with Gasteiger partial charge in [-0.2, -0.15) is 0 Å². The summed E-state index contributed by atoms with van der Waals surface area (Å²) in [4.78, 5) is 4.61. The molecular formula is C18H33N. The molecule has 2 unspecified atom stereocenters. The molecule has 0 aromatic rings. The topological polar surface area (TPSA) is 12.4 Å². The Morgan fingerprint density at radius 3 is 1.95 bits per heavy atom. The highest BCUT2D eigenvalue weighted by atomic mass is 14.8. The van der Waals surface area contributed by atoms with E-state index in [9.17, 15) is 0 Å². The maximum atomic E-state index is 4.61. The number of rotatable bonds is 12. The molecule has 1 nitrogen and oxygen atoms in total. The summed E-state index contributed by atoms with van der Waals surface area (Å²) in [6, 6.07) is 0.493. The van der Waals surface area contributed by atoms with Gasteiger partial charge in [0, 0.05) is 6.21 Å². The van der Waals surface area contributed by atoms with E-state index >= 15 is 0 Å². The first-order chi connectivity index (χ1) is 9.38. The molecule has 0 fully saturated rings. The van der Waals surface area contributed by atoms with Crippen LogP contribution in [0.1, 0.15) is 84.5 Å². The van der Waals surface area contributed by atoms with Crippen molar-refractivity contribution in [1.82, 2.24) is 0 Å². The number of hydrogen-bond donors (Lipinski definition) is 0. The van der Waals surface area contributed by atoms with Crippen molar-refractivity contribution >= 4 is 6.21 Å². The SMILES string of the molecule is CCCCCCCC(CCCCCC)C1C=CC=N1. The molecule has 1 aliphatic heterocycles. The maximum Gasteiger partial charge on any atom is 0.0711 e. The summed E-state index contributed by atoms with van der Waals surface area (Å²) >= 11 is 0. The molecule has 0 radical (unpaired) electrons. The van der Waals surface area contributed by atoms with Gasteiger partial charge in [0.2, 0.25) is 0 Å². The normalized spacial score (nSPS) is 19.2. The van der Waals surface area contributed by atoms with Crippen LogP contribution in [0, 0.1) is 5.92 Å². The van der Waals surface area contributed by atoms with Gasteiger partial charge in [-0.3, -0.25) is 4.99 Å². The molecule has 0 N–H and O–H groups in total. The number of allylic oxidation sites excluding steroid dienone is 1. The van der Waals surface area contributed by atoms with Crippen molar-refractivity contribution in [1.29, 1.82) is 0 Å². The average molecular weight is 263 g/mol. The lowest BCUT2D eigenvalue weighted by molar-refractivity contribution is 0.377. The Balaban J connectivity index is 2.20. The summed E-state index contributed by atoms with van der Waals surface area (Å²) in [5.41, 5.74) is 0. The first kappa shape index (κ1) is 16.5. The highest BCUT2D eigenvalue weighted by Crippen LogP contribution is 2.25. The van der Waals surface area contributed by atoms with Crippen molar-refractivity contribution in [3.05, 3.63) is 12.2 Å². The minimum atomic E-state index is 0.493. The van der Waals surface area contributed by atoms with Crippen molar-refractivity contribution < 1.29 is 0 Å². The first-order valence-corrected chi connectivity index (χ1v) is 8.58. The zero-order valence-corrected chi connectivity index (χ0v) is 13.1. The van der Waals surface area contributed by atoms with Crippen molar-refractivity contribution in [3.8, 4) is 0 Å². The molecule has 0 bridgehead atoms. The standard InChI is InChI=1S/C18H33N/c1-3-5-7-9-11-14-17(13-10-8-6-4-2)18-15-12-16-19-18/h12,15-18H,3-11,13-14H2,1-2H3. The molecule has 0 aromatic carbocycles. The van der Waals surface area contributed by atoms with E-state index in [0.717, 1.165) is 5.92 Å². The summed E-state index contributed by atoms with van der Waals surface area (Å²) in [5, 5.41) is 0. The van der Waals surface area contributed by atoms with Gasteiger partial charge in [-0.05, 0) is 24.8 Å². The van der Waals surface area contributed by atoms with Gasteiger partial charge in [-0.15, -0.1) is 0 Å². The molecule has 1 heterocycles. The minimum absolute atomic E-state index is 0.493. The maximum absolute atomic E-state index is 4.61.